The molecule has 1 unspecified atom stereocenters. The van der Waals surface area contributed by atoms with Gasteiger partial charge in [0, 0.05) is 32.1 Å². The Morgan fingerprint density at radius 3 is 2.15 bits per heavy atom. The number of likely N-dealkylation sites (tertiary alicyclic amines) is 2. The lowest BCUT2D eigenvalue weighted by Gasteiger charge is -2.35. The second kappa shape index (κ2) is 9.91. The zero-order chi connectivity index (χ0) is 19.1. The monoisotopic (exact) mass is 370 g/mol. The van der Waals surface area contributed by atoms with Gasteiger partial charge in [-0.2, -0.15) is 0 Å². The Bertz CT molecular complexity index is 600. The first kappa shape index (κ1) is 19.9. The van der Waals surface area contributed by atoms with E-state index in [1.54, 1.807) is 0 Å². The van der Waals surface area contributed by atoms with E-state index in [0.717, 1.165) is 70.3 Å². The van der Waals surface area contributed by atoms with Crippen molar-refractivity contribution >= 4 is 11.8 Å². The molecule has 0 aliphatic carbocycles. The van der Waals surface area contributed by atoms with Gasteiger partial charge in [-0.3, -0.25) is 9.59 Å². The summed E-state index contributed by atoms with van der Waals surface area (Å²) in [7, 11) is 0. The molecule has 2 heterocycles. The van der Waals surface area contributed by atoms with Crippen molar-refractivity contribution in [2.75, 3.05) is 26.2 Å². The summed E-state index contributed by atoms with van der Waals surface area (Å²) < 4.78 is 0. The molecule has 0 bridgehead atoms. The fourth-order valence-corrected chi connectivity index (χ4v) is 4.52. The van der Waals surface area contributed by atoms with Crippen LogP contribution in [-0.2, 0) is 9.59 Å². The van der Waals surface area contributed by atoms with Crippen LogP contribution in [0.1, 0.15) is 69.8 Å². The average molecular weight is 371 g/mol. The summed E-state index contributed by atoms with van der Waals surface area (Å²) in [6.07, 6.45) is 8.27. The second-order valence-electron chi connectivity index (χ2n) is 8.09. The van der Waals surface area contributed by atoms with Gasteiger partial charge in [-0.05, 0) is 37.7 Å². The number of carbonyl (C=O) groups is 2. The van der Waals surface area contributed by atoms with E-state index in [1.807, 2.05) is 23.1 Å². The molecule has 148 valence electrons. The lowest BCUT2D eigenvalue weighted by atomic mass is 9.90. The zero-order valence-corrected chi connectivity index (χ0v) is 16.7. The molecule has 3 rings (SSSR count). The Morgan fingerprint density at radius 2 is 1.56 bits per heavy atom. The Morgan fingerprint density at radius 1 is 0.926 bits per heavy atom. The molecule has 0 spiro atoms. The molecule has 0 radical (unpaired) electrons. The molecule has 1 aromatic carbocycles. The number of piperidine rings is 1. The van der Waals surface area contributed by atoms with Crippen LogP contribution in [0.3, 0.4) is 0 Å². The second-order valence-corrected chi connectivity index (χ2v) is 8.09. The van der Waals surface area contributed by atoms with Gasteiger partial charge in [-0.1, -0.05) is 56.5 Å². The topological polar surface area (TPSA) is 40.6 Å². The van der Waals surface area contributed by atoms with Crippen molar-refractivity contribution in [2.45, 2.75) is 64.2 Å². The molecule has 4 heteroatoms. The summed E-state index contributed by atoms with van der Waals surface area (Å²) >= 11 is 0. The van der Waals surface area contributed by atoms with Gasteiger partial charge in [0.1, 0.15) is 0 Å². The highest BCUT2D eigenvalue weighted by atomic mass is 16.2. The van der Waals surface area contributed by atoms with Crippen LogP contribution in [0, 0.1) is 5.92 Å². The van der Waals surface area contributed by atoms with Gasteiger partial charge in [-0.25, -0.2) is 0 Å². The molecule has 0 N–H and O–H groups in total. The normalized spacial score (nSPS) is 20.2. The number of carbonyl (C=O) groups excluding carboxylic acids is 2. The number of amides is 2. The summed E-state index contributed by atoms with van der Waals surface area (Å²) in [6.45, 7) is 5.41. The largest absolute Gasteiger partial charge is 0.342 e. The van der Waals surface area contributed by atoms with Crippen LogP contribution < -0.4 is 0 Å². The Hall–Kier alpha value is -1.84. The fraction of sp³-hybridized carbons (Fsp3) is 0.652. The molecular formula is C23H34N2O2. The molecule has 2 saturated heterocycles. The number of hydrogen-bond donors (Lipinski definition) is 0. The predicted molar refractivity (Wildman–Crippen MR) is 108 cm³/mol. The number of hydrogen-bond acceptors (Lipinski definition) is 2. The van der Waals surface area contributed by atoms with E-state index >= 15 is 0 Å². The predicted octanol–water partition coefficient (Wildman–Crippen LogP) is 4.21. The van der Waals surface area contributed by atoms with Crippen molar-refractivity contribution in [1.82, 2.24) is 9.80 Å². The first-order valence-electron chi connectivity index (χ1n) is 10.8. The van der Waals surface area contributed by atoms with Crippen LogP contribution in [0.25, 0.3) is 0 Å². The highest BCUT2D eigenvalue weighted by Crippen LogP contribution is 2.28. The minimum absolute atomic E-state index is 0.0472. The van der Waals surface area contributed by atoms with Crippen LogP contribution in [0.4, 0.5) is 0 Å². The number of benzene rings is 1. The Kier molecular flexibility index (Phi) is 7.31. The average Bonchev–Trinajstić information content (AvgIpc) is 3.01. The van der Waals surface area contributed by atoms with Crippen molar-refractivity contribution in [1.29, 1.82) is 0 Å². The molecule has 2 aliphatic rings. The third kappa shape index (κ3) is 5.12. The lowest BCUT2D eigenvalue weighted by Crippen LogP contribution is -2.45. The van der Waals surface area contributed by atoms with Gasteiger partial charge in [0.05, 0.1) is 5.92 Å². The third-order valence-electron chi connectivity index (χ3n) is 6.15. The quantitative estimate of drug-likeness (QED) is 0.779. The van der Waals surface area contributed by atoms with Gasteiger partial charge in [0.15, 0.2) is 0 Å². The van der Waals surface area contributed by atoms with Crippen molar-refractivity contribution in [2.24, 2.45) is 5.92 Å². The van der Waals surface area contributed by atoms with Gasteiger partial charge in [-0.15, -0.1) is 0 Å². The van der Waals surface area contributed by atoms with Gasteiger partial charge < -0.3 is 9.80 Å². The molecular weight excluding hydrogens is 336 g/mol. The molecule has 0 aromatic heterocycles. The van der Waals surface area contributed by atoms with Gasteiger partial charge in [0.25, 0.3) is 0 Å². The summed E-state index contributed by atoms with van der Waals surface area (Å²) in [6, 6.07) is 10.1. The maximum atomic E-state index is 13.1. The van der Waals surface area contributed by atoms with E-state index in [0.29, 0.717) is 5.91 Å². The van der Waals surface area contributed by atoms with Crippen LogP contribution in [0.5, 0.6) is 0 Å². The van der Waals surface area contributed by atoms with Crippen LogP contribution >= 0.6 is 0 Å². The highest BCUT2D eigenvalue weighted by molar-refractivity contribution is 5.84. The molecule has 27 heavy (non-hydrogen) atoms. The van der Waals surface area contributed by atoms with Crippen molar-refractivity contribution in [3.63, 3.8) is 0 Å². The molecule has 2 aliphatic heterocycles. The molecule has 0 saturated carbocycles. The van der Waals surface area contributed by atoms with Crippen LogP contribution in [0.2, 0.25) is 0 Å². The van der Waals surface area contributed by atoms with Crippen LogP contribution in [-0.4, -0.2) is 47.8 Å². The minimum Gasteiger partial charge on any atom is -0.342 e. The summed E-state index contributed by atoms with van der Waals surface area (Å²) in [5.74, 6) is 0.628. The SMILES string of the molecule is CCCC(C(=O)N1CCC(C(=O)N2CCCCCC2)CC1)c1ccccc1. The van der Waals surface area contributed by atoms with E-state index in [1.165, 1.54) is 12.8 Å². The zero-order valence-electron chi connectivity index (χ0n) is 16.7. The molecule has 2 fully saturated rings. The first-order valence-corrected chi connectivity index (χ1v) is 10.8. The maximum absolute atomic E-state index is 13.1. The standard InChI is InChI=1S/C23H34N2O2/c1-2-10-21(19-11-6-5-7-12-19)23(27)25-17-13-20(14-18-25)22(26)24-15-8-3-4-9-16-24/h5-7,11-12,20-21H,2-4,8-10,13-18H2,1H3. The van der Waals surface area contributed by atoms with Crippen molar-refractivity contribution in [3.8, 4) is 0 Å². The summed E-state index contributed by atoms with van der Waals surface area (Å²) in [4.78, 5) is 30.1. The van der Waals surface area contributed by atoms with E-state index in [2.05, 4.69) is 24.0 Å². The Labute approximate surface area is 163 Å². The first-order chi connectivity index (χ1) is 13.2. The van der Waals surface area contributed by atoms with Crippen molar-refractivity contribution < 1.29 is 9.59 Å². The smallest absolute Gasteiger partial charge is 0.230 e. The van der Waals surface area contributed by atoms with Crippen molar-refractivity contribution in [3.05, 3.63) is 35.9 Å². The van der Waals surface area contributed by atoms with E-state index in [-0.39, 0.29) is 17.7 Å². The summed E-state index contributed by atoms with van der Waals surface area (Å²) in [5, 5.41) is 0. The van der Waals surface area contributed by atoms with E-state index in [9.17, 15) is 9.59 Å². The number of nitrogens with zero attached hydrogens (tertiary/aromatic N) is 2. The molecule has 2 amide bonds. The van der Waals surface area contributed by atoms with Gasteiger partial charge in [0.2, 0.25) is 11.8 Å². The molecule has 4 nitrogen and oxygen atoms in total. The number of rotatable bonds is 5. The summed E-state index contributed by atoms with van der Waals surface area (Å²) in [5.41, 5.74) is 1.12. The van der Waals surface area contributed by atoms with Crippen LogP contribution in [0.15, 0.2) is 30.3 Å². The molecule has 1 atom stereocenters. The minimum atomic E-state index is -0.0472. The Balaban J connectivity index is 1.57. The lowest BCUT2D eigenvalue weighted by molar-refractivity contribution is -0.141. The molecule has 1 aromatic rings. The van der Waals surface area contributed by atoms with Gasteiger partial charge >= 0.3 is 0 Å². The highest BCUT2D eigenvalue weighted by Gasteiger charge is 2.32. The third-order valence-corrected chi connectivity index (χ3v) is 6.15. The maximum Gasteiger partial charge on any atom is 0.230 e. The van der Waals surface area contributed by atoms with E-state index in [4.69, 9.17) is 0 Å². The fourth-order valence-electron chi connectivity index (χ4n) is 4.52. The van der Waals surface area contributed by atoms with E-state index < -0.39 is 0 Å².